The zero-order chi connectivity index (χ0) is 17.4. The van der Waals surface area contributed by atoms with Crippen molar-refractivity contribution in [3.05, 3.63) is 51.7 Å². The molecular weight excluding hydrogens is 309 g/mol. The monoisotopic (exact) mass is 333 g/mol. The Balaban J connectivity index is 1.87. The lowest BCUT2D eigenvalue weighted by molar-refractivity contribution is 0.303. The molecule has 6 nitrogen and oxygen atoms in total. The summed E-state index contributed by atoms with van der Waals surface area (Å²) in [6, 6.07) is 6.00. The lowest BCUT2D eigenvalue weighted by Gasteiger charge is -2.17. The molecule has 0 unspecified atom stereocenters. The van der Waals surface area contributed by atoms with Crippen LogP contribution in [0.5, 0.6) is 0 Å². The first-order valence-electron chi connectivity index (χ1n) is 8.29. The molecule has 0 bridgehead atoms. The Morgan fingerprint density at radius 3 is 2.50 bits per heavy atom. The van der Waals surface area contributed by atoms with E-state index in [0.29, 0.717) is 18.1 Å². The number of hydrogen-bond donors (Lipinski definition) is 2. The predicted octanol–water partition coefficient (Wildman–Crippen LogP) is 2.04. The summed E-state index contributed by atoms with van der Waals surface area (Å²) in [5.41, 5.74) is 0.854. The van der Waals surface area contributed by atoms with E-state index in [1.54, 1.807) is 12.1 Å². The van der Waals surface area contributed by atoms with Crippen molar-refractivity contribution in [2.24, 2.45) is 0 Å². The molecule has 0 radical (unpaired) electrons. The highest BCUT2D eigenvalue weighted by atomic mass is 19.1. The zero-order valence-corrected chi connectivity index (χ0v) is 14.2. The van der Waals surface area contributed by atoms with Crippen molar-refractivity contribution >= 4 is 5.95 Å². The summed E-state index contributed by atoms with van der Waals surface area (Å²) >= 11 is 0. The van der Waals surface area contributed by atoms with Crippen LogP contribution in [0.4, 0.5) is 10.3 Å². The first-order valence-corrected chi connectivity index (χ1v) is 8.29. The van der Waals surface area contributed by atoms with E-state index in [1.807, 2.05) is 0 Å². The number of H-pyrrole nitrogens is 1. The molecule has 0 saturated heterocycles. The summed E-state index contributed by atoms with van der Waals surface area (Å²) in [4.78, 5) is 17.1. The van der Waals surface area contributed by atoms with Crippen LogP contribution in [0.3, 0.4) is 0 Å². The third-order valence-electron chi connectivity index (χ3n) is 3.89. The van der Waals surface area contributed by atoms with Crippen molar-refractivity contribution in [3.63, 3.8) is 0 Å². The zero-order valence-electron chi connectivity index (χ0n) is 14.2. The molecule has 0 aliphatic carbocycles. The maximum atomic E-state index is 12.9. The summed E-state index contributed by atoms with van der Waals surface area (Å²) in [6.45, 7) is 8.06. The summed E-state index contributed by atoms with van der Waals surface area (Å²) < 4.78 is 12.9. The van der Waals surface area contributed by atoms with E-state index in [0.717, 1.165) is 38.2 Å². The average molecular weight is 333 g/mol. The van der Waals surface area contributed by atoms with Crippen LogP contribution in [-0.4, -0.2) is 46.3 Å². The molecule has 130 valence electrons. The van der Waals surface area contributed by atoms with Crippen LogP contribution >= 0.6 is 0 Å². The standard InChI is InChI=1S/C17H24FN5O/c1-3-23(4-2)11-5-10-19-17-20-16(24)15(21-22-17)12-13-6-8-14(18)9-7-13/h6-9H,3-5,10-12H2,1-2H3,(H2,19,20,22,24). The smallest absolute Gasteiger partial charge is 0.274 e. The molecule has 2 aromatic rings. The largest absolute Gasteiger partial charge is 0.354 e. The van der Waals surface area contributed by atoms with Gasteiger partial charge in [-0.05, 0) is 43.8 Å². The van der Waals surface area contributed by atoms with E-state index in [-0.39, 0.29) is 11.4 Å². The molecule has 0 aliphatic heterocycles. The quantitative estimate of drug-likeness (QED) is 0.687. The summed E-state index contributed by atoms with van der Waals surface area (Å²) in [7, 11) is 0. The molecular formula is C17H24FN5O. The van der Waals surface area contributed by atoms with Gasteiger partial charge in [0.05, 0.1) is 0 Å². The molecule has 1 heterocycles. The van der Waals surface area contributed by atoms with E-state index in [4.69, 9.17) is 0 Å². The number of benzene rings is 1. The number of aromatic amines is 1. The molecule has 0 aliphatic rings. The van der Waals surface area contributed by atoms with Crippen LogP contribution in [0, 0.1) is 5.82 Å². The van der Waals surface area contributed by atoms with Crippen LogP contribution in [0.2, 0.25) is 0 Å². The minimum atomic E-state index is -0.303. The Kier molecular flexibility index (Phi) is 6.87. The van der Waals surface area contributed by atoms with Gasteiger partial charge >= 0.3 is 0 Å². The van der Waals surface area contributed by atoms with Crippen molar-refractivity contribution in [1.29, 1.82) is 0 Å². The highest BCUT2D eigenvalue weighted by Gasteiger charge is 2.06. The Morgan fingerprint density at radius 2 is 1.88 bits per heavy atom. The van der Waals surface area contributed by atoms with Crippen LogP contribution < -0.4 is 10.9 Å². The summed E-state index contributed by atoms with van der Waals surface area (Å²) in [5, 5.41) is 11.1. The molecule has 7 heteroatoms. The Morgan fingerprint density at radius 1 is 1.17 bits per heavy atom. The van der Waals surface area contributed by atoms with Crippen molar-refractivity contribution in [2.75, 3.05) is 31.5 Å². The Bertz CT molecular complexity index is 682. The lowest BCUT2D eigenvalue weighted by atomic mass is 10.1. The van der Waals surface area contributed by atoms with Gasteiger partial charge in [0.1, 0.15) is 11.5 Å². The van der Waals surface area contributed by atoms with E-state index in [1.165, 1.54) is 12.1 Å². The van der Waals surface area contributed by atoms with Gasteiger partial charge in [-0.1, -0.05) is 26.0 Å². The van der Waals surface area contributed by atoms with E-state index < -0.39 is 0 Å². The Labute approximate surface area is 141 Å². The SMILES string of the molecule is CCN(CC)CCCNc1nnc(Cc2ccc(F)cc2)c(=O)[nH]1. The van der Waals surface area contributed by atoms with Crippen LogP contribution in [-0.2, 0) is 6.42 Å². The number of hydrogen-bond acceptors (Lipinski definition) is 5. The number of nitrogens with zero attached hydrogens (tertiary/aromatic N) is 3. The van der Waals surface area contributed by atoms with Gasteiger partial charge in [0.15, 0.2) is 0 Å². The molecule has 1 aromatic carbocycles. The summed E-state index contributed by atoms with van der Waals surface area (Å²) in [5.74, 6) is 0.0745. The van der Waals surface area contributed by atoms with Crippen molar-refractivity contribution < 1.29 is 4.39 Å². The molecule has 0 fully saturated rings. The number of nitrogens with one attached hydrogen (secondary N) is 2. The minimum absolute atomic E-state index is 0.277. The normalized spacial score (nSPS) is 11.0. The average Bonchev–Trinajstić information content (AvgIpc) is 2.59. The fraction of sp³-hybridized carbons (Fsp3) is 0.471. The number of aromatic nitrogens is 3. The van der Waals surface area contributed by atoms with Crippen LogP contribution in [0.1, 0.15) is 31.5 Å². The third-order valence-corrected chi connectivity index (χ3v) is 3.89. The van der Waals surface area contributed by atoms with Crippen molar-refractivity contribution in [3.8, 4) is 0 Å². The topological polar surface area (TPSA) is 73.9 Å². The molecule has 2 N–H and O–H groups in total. The first kappa shape index (κ1) is 18.1. The number of halogens is 1. The number of rotatable bonds is 9. The predicted molar refractivity (Wildman–Crippen MR) is 92.8 cm³/mol. The molecule has 1 aromatic heterocycles. The van der Waals surface area contributed by atoms with Gasteiger partial charge in [-0.3, -0.25) is 9.78 Å². The maximum absolute atomic E-state index is 12.9. The summed E-state index contributed by atoms with van der Waals surface area (Å²) in [6.07, 6.45) is 1.29. The molecule has 0 saturated carbocycles. The third kappa shape index (κ3) is 5.42. The van der Waals surface area contributed by atoms with Crippen LogP contribution in [0.15, 0.2) is 29.1 Å². The molecule has 0 atom stereocenters. The van der Waals surface area contributed by atoms with E-state index in [2.05, 4.69) is 39.2 Å². The minimum Gasteiger partial charge on any atom is -0.354 e. The second-order valence-corrected chi connectivity index (χ2v) is 5.56. The number of anilines is 1. The molecule has 2 rings (SSSR count). The maximum Gasteiger partial charge on any atom is 0.274 e. The van der Waals surface area contributed by atoms with Gasteiger partial charge in [0.2, 0.25) is 5.95 Å². The van der Waals surface area contributed by atoms with Gasteiger partial charge < -0.3 is 10.2 Å². The second kappa shape index (κ2) is 9.12. The first-order chi connectivity index (χ1) is 11.6. The van der Waals surface area contributed by atoms with Gasteiger partial charge in [0, 0.05) is 13.0 Å². The molecule has 0 amide bonds. The highest BCUT2D eigenvalue weighted by Crippen LogP contribution is 2.06. The van der Waals surface area contributed by atoms with Crippen molar-refractivity contribution in [2.45, 2.75) is 26.7 Å². The van der Waals surface area contributed by atoms with Gasteiger partial charge in [-0.25, -0.2) is 4.39 Å². The van der Waals surface area contributed by atoms with Gasteiger partial charge in [-0.15, -0.1) is 10.2 Å². The van der Waals surface area contributed by atoms with Crippen LogP contribution in [0.25, 0.3) is 0 Å². The van der Waals surface area contributed by atoms with Crippen molar-refractivity contribution in [1.82, 2.24) is 20.1 Å². The molecule has 24 heavy (non-hydrogen) atoms. The highest BCUT2D eigenvalue weighted by molar-refractivity contribution is 5.24. The van der Waals surface area contributed by atoms with E-state index in [9.17, 15) is 9.18 Å². The Hall–Kier alpha value is -2.28. The fourth-order valence-corrected chi connectivity index (χ4v) is 2.40. The fourth-order valence-electron chi connectivity index (χ4n) is 2.40. The lowest BCUT2D eigenvalue weighted by Crippen LogP contribution is -2.26. The van der Waals surface area contributed by atoms with Gasteiger partial charge in [0.25, 0.3) is 5.56 Å². The second-order valence-electron chi connectivity index (χ2n) is 5.56. The van der Waals surface area contributed by atoms with E-state index >= 15 is 0 Å². The molecule has 0 spiro atoms. The van der Waals surface area contributed by atoms with Gasteiger partial charge in [-0.2, -0.15) is 0 Å².